The van der Waals surface area contributed by atoms with E-state index in [1.165, 1.54) is 24.4 Å². The van der Waals surface area contributed by atoms with Crippen LogP contribution in [0.5, 0.6) is 11.5 Å². The number of hydrazone groups is 1. The van der Waals surface area contributed by atoms with Crippen molar-refractivity contribution in [2.24, 2.45) is 11.0 Å². The zero-order valence-electron chi connectivity index (χ0n) is 15.1. The Morgan fingerprint density at radius 3 is 2.14 bits per heavy atom. The maximum absolute atomic E-state index is 12.8. The summed E-state index contributed by atoms with van der Waals surface area (Å²) in [5.41, 5.74) is 4.88. The Labute approximate surface area is 163 Å². The molecule has 1 fully saturated rings. The Morgan fingerprint density at radius 1 is 0.964 bits per heavy atom. The summed E-state index contributed by atoms with van der Waals surface area (Å²) in [6.07, 6.45) is 2.08. The molecule has 0 aromatic heterocycles. The largest absolute Gasteiger partial charge is 0.508 e. The number of hydrogen-bond donors (Lipinski definition) is 3. The third kappa shape index (κ3) is 3.22. The minimum atomic E-state index is -0.344. The van der Waals surface area contributed by atoms with E-state index in [1.54, 1.807) is 0 Å². The molecule has 1 atom stereocenters. The molecule has 5 heteroatoms. The Kier molecular flexibility index (Phi) is 4.57. The van der Waals surface area contributed by atoms with Crippen LogP contribution in [0.1, 0.15) is 23.1 Å². The molecule has 140 valence electrons. The Morgan fingerprint density at radius 2 is 1.57 bits per heavy atom. The molecular formula is C23H20N2O3. The van der Waals surface area contributed by atoms with E-state index in [0.717, 1.165) is 11.1 Å². The van der Waals surface area contributed by atoms with Gasteiger partial charge in [0.15, 0.2) is 0 Å². The highest BCUT2D eigenvalue weighted by atomic mass is 16.3. The third-order valence-corrected chi connectivity index (χ3v) is 5.25. The number of nitrogens with zero attached hydrogens (tertiary/aromatic N) is 1. The first kappa shape index (κ1) is 17.8. The fourth-order valence-electron chi connectivity index (χ4n) is 3.74. The number of nitrogens with one attached hydrogen (secondary N) is 1. The lowest BCUT2D eigenvalue weighted by Gasteiger charge is -2.18. The highest BCUT2D eigenvalue weighted by molar-refractivity contribution is 5.88. The third-order valence-electron chi connectivity index (χ3n) is 5.25. The second kappa shape index (κ2) is 7.19. The number of amides is 1. The molecule has 0 bridgehead atoms. The van der Waals surface area contributed by atoms with Gasteiger partial charge in [0.1, 0.15) is 11.5 Å². The van der Waals surface area contributed by atoms with Crippen LogP contribution in [0.25, 0.3) is 0 Å². The van der Waals surface area contributed by atoms with Crippen molar-refractivity contribution in [2.45, 2.75) is 11.8 Å². The van der Waals surface area contributed by atoms with Gasteiger partial charge in [-0.15, -0.1) is 0 Å². The second-order valence-electron chi connectivity index (χ2n) is 6.94. The van der Waals surface area contributed by atoms with Crippen LogP contribution in [0.3, 0.4) is 0 Å². The predicted octanol–water partition coefficient (Wildman–Crippen LogP) is 3.55. The molecular weight excluding hydrogens is 352 g/mol. The fraction of sp³-hybridized carbons (Fsp3) is 0.130. The average Bonchev–Trinajstić information content (AvgIpc) is 3.48. The van der Waals surface area contributed by atoms with Crippen molar-refractivity contribution in [3.8, 4) is 11.5 Å². The number of rotatable bonds is 5. The lowest BCUT2D eigenvalue weighted by Crippen LogP contribution is -2.25. The highest BCUT2D eigenvalue weighted by Crippen LogP contribution is 2.58. The van der Waals surface area contributed by atoms with Crippen molar-refractivity contribution >= 4 is 12.1 Å². The summed E-state index contributed by atoms with van der Waals surface area (Å²) < 4.78 is 0. The van der Waals surface area contributed by atoms with E-state index in [9.17, 15) is 15.0 Å². The van der Waals surface area contributed by atoms with Gasteiger partial charge in [0.05, 0.1) is 12.1 Å². The molecule has 3 aromatic rings. The van der Waals surface area contributed by atoms with Crippen molar-refractivity contribution in [1.29, 1.82) is 0 Å². The Bertz CT molecular complexity index is 977. The van der Waals surface area contributed by atoms with E-state index >= 15 is 0 Å². The van der Waals surface area contributed by atoms with Crippen LogP contribution in [-0.2, 0) is 10.2 Å². The molecule has 0 aliphatic heterocycles. The number of carbonyl (C=O) groups is 1. The van der Waals surface area contributed by atoms with E-state index < -0.39 is 0 Å². The standard InChI is InChI=1S/C23H20N2O3/c26-19-12-11-16(21(27)13-19)15-24-25-22(28)20-14-23(20,17-7-3-1-4-8-17)18-9-5-2-6-10-18/h1-13,15,20,26-27H,14H2,(H,25,28)/b24-15-/t20-/m1/s1. The summed E-state index contributed by atoms with van der Waals surface area (Å²) in [7, 11) is 0. The summed E-state index contributed by atoms with van der Waals surface area (Å²) in [6.45, 7) is 0. The van der Waals surface area contributed by atoms with Crippen LogP contribution >= 0.6 is 0 Å². The number of phenols is 2. The zero-order valence-corrected chi connectivity index (χ0v) is 15.1. The van der Waals surface area contributed by atoms with Crippen molar-refractivity contribution in [1.82, 2.24) is 5.43 Å². The van der Waals surface area contributed by atoms with Crippen LogP contribution in [0, 0.1) is 5.92 Å². The molecule has 0 heterocycles. The molecule has 0 radical (unpaired) electrons. The maximum Gasteiger partial charge on any atom is 0.244 e. The predicted molar refractivity (Wildman–Crippen MR) is 107 cm³/mol. The van der Waals surface area contributed by atoms with Gasteiger partial charge < -0.3 is 10.2 Å². The van der Waals surface area contributed by atoms with Gasteiger partial charge in [0.2, 0.25) is 5.91 Å². The monoisotopic (exact) mass is 372 g/mol. The zero-order chi connectivity index (χ0) is 19.6. The molecule has 1 aliphatic carbocycles. The smallest absolute Gasteiger partial charge is 0.244 e. The lowest BCUT2D eigenvalue weighted by molar-refractivity contribution is -0.122. The first-order valence-corrected chi connectivity index (χ1v) is 9.07. The van der Waals surface area contributed by atoms with Gasteiger partial charge in [-0.25, -0.2) is 5.43 Å². The van der Waals surface area contributed by atoms with Crippen LogP contribution in [-0.4, -0.2) is 22.3 Å². The van der Waals surface area contributed by atoms with Gasteiger partial charge in [-0.3, -0.25) is 4.79 Å². The Balaban J connectivity index is 1.54. The number of aromatic hydroxyl groups is 2. The van der Waals surface area contributed by atoms with Crippen LogP contribution in [0.2, 0.25) is 0 Å². The quantitative estimate of drug-likeness (QED) is 0.473. The van der Waals surface area contributed by atoms with E-state index in [0.29, 0.717) is 12.0 Å². The van der Waals surface area contributed by atoms with E-state index in [2.05, 4.69) is 34.8 Å². The van der Waals surface area contributed by atoms with E-state index in [1.807, 2.05) is 36.4 Å². The molecule has 3 aromatic carbocycles. The number of hydrogen-bond acceptors (Lipinski definition) is 4. The average molecular weight is 372 g/mol. The minimum Gasteiger partial charge on any atom is -0.508 e. The lowest BCUT2D eigenvalue weighted by atomic mass is 9.85. The number of phenolic OH excluding ortho intramolecular Hbond substituents is 2. The molecule has 5 nitrogen and oxygen atoms in total. The van der Waals surface area contributed by atoms with Gasteiger partial charge in [-0.1, -0.05) is 60.7 Å². The minimum absolute atomic E-state index is 0.0350. The van der Waals surface area contributed by atoms with Gasteiger partial charge in [0.25, 0.3) is 0 Å². The first-order valence-electron chi connectivity index (χ1n) is 9.07. The molecule has 28 heavy (non-hydrogen) atoms. The molecule has 3 N–H and O–H groups in total. The van der Waals surface area contributed by atoms with Gasteiger partial charge in [-0.2, -0.15) is 5.10 Å². The molecule has 0 spiro atoms. The Hall–Kier alpha value is -3.60. The van der Waals surface area contributed by atoms with Crippen molar-refractivity contribution in [3.63, 3.8) is 0 Å². The topological polar surface area (TPSA) is 81.9 Å². The molecule has 0 saturated heterocycles. The fourth-order valence-corrected chi connectivity index (χ4v) is 3.74. The molecule has 4 rings (SSSR count). The molecule has 1 aliphatic rings. The summed E-state index contributed by atoms with van der Waals surface area (Å²) in [5.74, 6) is -0.524. The summed E-state index contributed by atoms with van der Waals surface area (Å²) in [6, 6.07) is 24.3. The SMILES string of the molecule is O=C(N/N=C\c1ccc(O)cc1O)[C@H]1CC1(c1ccccc1)c1ccccc1. The van der Waals surface area contributed by atoms with Crippen LogP contribution < -0.4 is 5.43 Å². The van der Waals surface area contributed by atoms with Gasteiger partial charge in [-0.05, 0) is 29.7 Å². The normalized spacial score (nSPS) is 17.4. The van der Waals surface area contributed by atoms with Crippen LogP contribution in [0.15, 0.2) is 84.0 Å². The summed E-state index contributed by atoms with van der Waals surface area (Å²) in [5, 5.41) is 23.1. The van der Waals surface area contributed by atoms with E-state index in [4.69, 9.17) is 0 Å². The summed E-state index contributed by atoms with van der Waals surface area (Å²) >= 11 is 0. The van der Waals surface area contributed by atoms with Crippen molar-refractivity contribution in [3.05, 3.63) is 95.6 Å². The second-order valence-corrected chi connectivity index (χ2v) is 6.94. The number of carbonyl (C=O) groups excluding carboxylic acids is 1. The summed E-state index contributed by atoms with van der Waals surface area (Å²) in [4.78, 5) is 12.8. The molecule has 1 amide bonds. The van der Waals surface area contributed by atoms with Crippen LogP contribution in [0.4, 0.5) is 0 Å². The van der Waals surface area contributed by atoms with E-state index in [-0.39, 0.29) is 28.7 Å². The molecule has 0 unspecified atom stereocenters. The van der Waals surface area contributed by atoms with Crippen molar-refractivity contribution in [2.75, 3.05) is 0 Å². The molecule has 1 saturated carbocycles. The van der Waals surface area contributed by atoms with Gasteiger partial charge >= 0.3 is 0 Å². The highest BCUT2D eigenvalue weighted by Gasteiger charge is 2.60. The van der Waals surface area contributed by atoms with Gasteiger partial charge in [0, 0.05) is 17.0 Å². The maximum atomic E-state index is 12.8. The first-order chi connectivity index (χ1) is 13.6. The van der Waals surface area contributed by atoms with Crippen molar-refractivity contribution < 1.29 is 15.0 Å². The number of benzene rings is 3.